The summed E-state index contributed by atoms with van der Waals surface area (Å²) in [6.07, 6.45) is -63.1. The van der Waals surface area contributed by atoms with Crippen molar-refractivity contribution >= 4 is 17.8 Å². The highest BCUT2D eigenvalue weighted by Crippen LogP contribution is 2.76. The number of amides is 1. The summed E-state index contributed by atoms with van der Waals surface area (Å²) in [5.74, 6) is -5.42. The molecule has 4 saturated carbocycles. The molecule has 51 atom stereocenters. The minimum atomic E-state index is -2.36. The lowest BCUT2D eigenvalue weighted by Crippen LogP contribution is -2.71. The summed E-state index contributed by atoms with van der Waals surface area (Å²) in [5.41, 5.74) is -9.89. The second kappa shape index (κ2) is 46.6. The van der Waals surface area contributed by atoms with E-state index in [4.69, 9.17) is 85.3 Å². The van der Waals surface area contributed by atoms with Crippen LogP contribution in [0.15, 0.2) is 72.6 Å². The number of allylic oxidation sites excluding steroid dienone is 3. The van der Waals surface area contributed by atoms with Gasteiger partial charge in [-0.25, -0.2) is 4.79 Å². The molecule has 0 radical (unpaired) electrons. The summed E-state index contributed by atoms with van der Waals surface area (Å²) in [7, 11) is 0. The normalized spacial score (nSPS) is 48.0. The van der Waals surface area contributed by atoms with Crippen molar-refractivity contribution in [3.8, 4) is 0 Å². The largest absolute Gasteiger partial charge is 0.485 e. The molecular formula is C99H157NO46. The van der Waals surface area contributed by atoms with Crippen LogP contribution in [-0.2, 0) is 99.6 Å². The van der Waals surface area contributed by atoms with Crippen LogP contribution in [0.3, 0.4) is 0 Å². The standard InChI is InChI=1S/C99H157NO46/c1-17-94(12,128)25-19-21-45(33-101)40(3)131-76-42(5)134-88(74(124)70(76)120)146-95(13,18-2)26-20-22-46(34-102)82(126)139-58-32-99(91(127)145-90-80(69(119)63(113)52(36-104)137-90)144-87-75(125)78(142-86-73(123)67(117)62(112)51(35-103)135-86)77(43(6)133-87)141-85-72(122)64(114)53(37-105)136-85)48(30-92(58,8)9)47-29-49(107)81-96(14)27-24-57(93(10,11)55(96)23-28-97(81,15)98(47,16)31-56(99)109)140-83-59(100-44(7)106)66(116)65(115)54(138-83)39-130-89-79(68(118)60(110)41(4)132-89)143-84-71(121)61(111)50(108)38-129-84/h17-18,21-22,29,41-43,48-81,83-90,101-105,107-125,128H,1-3,19-20,23-28,30-39H2,4-16H3,(H,100,106)/b45-21+,46-22+/t41?,42?,43?,48?,49?,50-,51?,52?,53+,54?,55?,56-,57+,58+,59?,60+,61+,62-,63-,64-,65-,66-,67+,68+,69+,70-,71?,72+,73?,74?,75+,76-,77+,78?,79?,80?,81?,83+,84+,85+,86+,87+,88+,89-,90+,94?,95-,96+,97-,98-,99-/m1/s1. The predicted molar refractivity (Wildman–Crippen MR) is 495 cm³/mol. The molecule has 8 aliphatic heterocycles. The molecule has 12 fully saturated rings. The molecule has 834 valence electrons. The third kappa shape index (κ3) is 22.9. The Balaban J connectivity index is 0.795. The van der Waals surface area contributed by atoms with Crippen molar-refractivity contribution < 1.29 is 227 Å². The van der Waals surface area contributed by atoms with Gasteiger partial charge in [-0.15, -0.1) is 13.2 Å². The van der Waals surface area contributed by atoms with Crippen molar-refractivity contribution in [3.63, 3.8) is 0 Å². The van der Waals surface area contributed by atoms with E-state index >= 15 is 9.59 Å². The Morgan fingerprint density at radius 1 is 0.493 bits per heavy atom. The van der Waals surface area contributed by atoms with Crippen LogP contribution in [0.2, 0.25) is 0 Å². The number of carbonyl (C=O) groups is 3. The van der Waals surface area contributed by atoms with Gasteiger partial charge in [0.25, 0.3) is 0 Å². The van der Waals surface area contributed by atoms with Gasteiger partial charge in [0.1, 0.15) is 170 Å². The number of nitrogens with one attached hydrogen (secondary N) is 1. The average molecular weight is 2100 g/mol. The number of hydrogen-bond donors (Lipinski definition) is 26. The molecule has 0 spiro atoms. The van der Waals surface area contributed by atoms with Crippen LogP contribution in [0.1, 0.15) is 161 Å². The molecular weight excluding hydrogens is 1940 g/mol. The van der Waals surface area contributed by atoms with Gasteiger partial charge in [-0.2, -0.15) is 0 Å². The number of rotatable bonds is 36. The molecule has 0 bridgehead atoms. The molecule has 0 aromatic carbocycles. The zero-order valence-corrected chi connectivity index (χ0v) is 84.5. The van der Waals surface area contributed by atoms with Crippen molar-refractivity contribution in [1.29, 1.82) is 0 Å². The summed E-state index contributed by atoms with van der Waals surface area (Å²) in [6.45, 7) is 28.1. The summed E-state index contributed by atoms with van der Waals surface area (Å²) in [5, 5.41) is 286. The molecule has 0 aromatic rings. The Kier molecular flexibility index (Phi) is 37.7. The Morgan fingerprint density at radius 3 is 1.62 bits per heavy atom. The molecule has 0 aromatic heterocycles. The first-order valence-corrected chi connectivity index (χ1v) is 50.3. The smallest absolute Gasteiger partial charge is 0.336 e. The molecule has 8 saturated heterocycles. The van der Waals surface area contributed by atoms with E-state index < -0.39 is 384 Å². The highest BCUT2D eigenvalue weighted by molar-refractivity contribution is 5.89. The van der Waals surface area contributed by atoms with E-state index in [1.54, 1.807) is 46.8 Å². The molecule has 13 aliphatic rings. The number of aliphatic hydroxyl groups excluding tert-OH is 24. The molecule has 13 rings (SSSR count). The van der Waals surface area contributed by atoms with Gasteiger partial charge in [0.05, 0.1) is 99.6 Å². The van der Waals surface area contributed by atoms with Gasteiger partial charge in [-0.05, 0) is 132 Å². The predicted octanol–water partition coefficient (Wildman–Crippen LogP) is -5.96. The van der Waals surface area contributed by atoms with Crippen molar-refractivity contribution in [1.82, 2.24) is 5.32 Å². The summed E-state index contributed by atoms with van der Waals surface area (Å²) in [4.78, 5) is 45.2. The van der Waals surface area contributed by atoms with E-state index in [9.17, 15) is 132 Å². The summed E-state index contributed by atoms with van der Waals surface area (Å²) >= 11 is 0. The van der Waals surface area contributed by atoms with Gasteiger partial charge < -0.3 is 218 Å². The van der Waals surface area contributed by atoms with Gasteiger partial charge in [0, 0.05) is 30.3 Å². The van der Waals surface area contributed by atoms with Gasteiger partial charge in [0.15, 0.2) is 56.2 Å². The monoisotopic (exact) mass is 2100 g/mol. The maximum absolute atomic E-state index is 16.9. The van der Waals surface area contributed by atoms with Gasteiger partial charge >= 0.3 is 11.9 Å². The topological polar surface area (TPSA) is 735 Å². The highest BCUT2D eigenvalue weighted by Gasteiger charge is 2.75. The summed E-state index contributed by atoms with van der Waals surface area (Å²) in [6, 6.07) is -1.42. The fraction of sp³-hybridized carbons (Fsp3) is 0.848. The lowest BCUT2D eigenvalue weighted by atomic mass is 9.32. The van der Waals surface area contributed by atoms with E-state index in [0.717, 1.165) is 0 Å². The first kappa shape index (κ1) is 118. The first-order chi connectivity index (χ1) is 68.4. The first-order valence-electron chi connectivity index (χ1n) is 50.3. The van der Waals surface area contributed by atoms with Crippen LogP contribution in [-0.4, -0.2) is 461 Å². The molecule has 26 N–H and O–H groups in total. The van der Waals surface area contributed by atoms with Gasteiger partial charge in [-0.1, -0.05) is 91.0 Å². The van der Waals surface area contributed by atoms with Crippen molar-refractivity contribution in [2.24, 2.45) is 50.2 Å². The van der Waals surface area contributed by atoms with Crippen LogP contribution < -0.4 is 5.32 Å². The highest BCUT2D eigenvalue weighted by atomic mass is 16.8. The maximum Gasteiger partial charge on any atom is 0.336 e. The second-order valence-corrected chi connectivity index (χ2v) is 44.4. The minimum absolute atomic E-state index is 0.0386. The number of fused-ring (bicyclic) bond motifs is 7. The number of esters is 2. The van der Waals surface area contributed by atoms with Crippen molar-refractivity contribution in [2.75, 3.05) is 46.2 Å². The molecule has 1 amide bonds. The molecule has 47 nitrogen and oxygen atoms in total. The van der Waals surface area contributed by atoms with E-state index in [1.807, 2.05) is 27.7 Å². The SMILES string of the molecule is C=CC(C)(O)CC/C=C(\CO)C(=C)O[C@@H]1C(C)O[C@@H](O[C@](C)(C=C)CC/C=C(\CO)C(=O)O[C@H]2C[C@@]3(C(=O)O[C@@H]4OC(CO)[C@@H](O)[C@H](O)C4O[C@@H]4OC(C)[C@H](O[C@@H]5O[C@@H](CO)[C@@H](O)[C@@H]5O)C(O[C@@H]5OC(CO)[C@@H](O)[C@H](O)C5O)[C@@H]4O)C(CC2(C)C)C2=CC(O)C4[C@@]5(C)CC[C@H](O[C@@H]6OC(CO[C@@H]7OC(C)[C@H](O)[C@H](O)C7O[C@@H]7OC[C@@H](O)[C@H](O)C7O)[C@@H](O)[C@H](O)C6NC(C)=O)C(C)(C)C5CC[C@@]4(C)[C@]2(C)C[C@H]3O)C(O)[C@H]1O. The molecule has 146 heavy (non-hydrogen) atoms. The second-order valence-electron chi connectivity index (χ2n) is 44.4. The van der Waals surface area contributed by atoms with Crippen LogP contribution in [0.4, 0.5) is 0 Å². The molecule has 8 heterocycles. The quantitative estimate of drug-likeness (QED) is 0.00693. The zero-order valence-electron chi connectivity index (χ0n) is 84.5. The lowest BCUT2D eigenvalue weighted by Gasteiger charge is -2.72. The minimum Gasteiger partial charge on any atom is -0.485 e. The fourth-order valence-electron chi connectivity index (χ4n) is 24.9. The third-order valence-corrected chi connectivity index (χ3v) is 34.0. The average Bonchev–Trinajstić information content (AvgIpc) is 0.789. The zero-order chi connectivity index (χ0) is 108. The molecule has 5 aliphatic carbocycles. The molecule has 47 heteroatoms. The Labute approximate surface area is 845 Å². The Bertz CT molecular complexity index is 4530. The van der Waals surface area contributed by atoms with Crippen LogP contribution in [0.25, 0.3) is 0 Å². The van der Waals surface area contributed by atoms with E-state index in [1.165, 1.54) is 39.0 Å². The lowest BCUT2D eigenvalue weighted by molar-refractivity contribution is -0.390. The van der Waals surface area contributed by atoms with Crippen LogP contribution >= 0.6 is 0 Å². The van der Waals surface area contributed by atoms with Gasteiger partial charge in [0.2, 0.25) is 12.2 Å². The van der Waals surface area contributed by atoms with Crippen molar-refractivity contribution in [3.05, 3.63) is 72.6 Å². The number of aliphatic hydroxyl groups is 25. The summed E-state index contributed by atoms with van der Waals surface area (Å²) < 4.78 is 111. The fourth-order valence-corrected chi connectivity index (χ4v) is 24.9. The van der Waals surface area contributed by atoms with E-state index in [0.29, 0.717) is 24.8 Å². The molecule has 18 unspecified atom stereocenters. The van der Waals surface area contributed by atoms with E-state index in [2.05, 4.69) is 32.0 Å². The van der Waals surface area contributed by atoms with E-state index in [-0.39, 0.29) is 67.8 Å². The third-order valence-electron chi connectivity index (χ3n) is 34.0. The number of hydrogen-bond acceptors (Lipinski definition) is 46. The van der Waals surface area contributed by atoms with Crippen LogP contribution in [0, 0.1) is 50.2 Å². The number of carbonyl (C=O) groups excluding carboxylic acids is 3. The Hall–Kier alpha value is -4.95. The van der Waals surface area contributed by atoms with Crippen molar-refractivity contribution in [2.45, 2.75) is 430 Å². The van der Waals surface area contributed by atoms with Crippen LogP contribution in [0.5, 0.6) is 0 Å². The maximum atomic E-state index is 16.9. The van der Waals surface area contributed by atoms with Gasteiger partial charge in [-0.3, -0.25) is 9.59 Å². The Morgan fingerprint density at radius 2 is 1.01 bits per heavy atom. The number of ether oxygens (including phenoxy) is 18.